The molecule has 66 valence electrons. The van der Waals surface area contributed by atoms with Gasteiger partial charge in [0.2, 0.25) is 5.91 Å². The van der Waals surface area contributed by atoms with Gasteiger partial charge in [0.15, 0.2) is 0 Å². The summed E-state index contributed by atoms with van der Waals surface area (Å²) >= 11 is 0. The molecule has 0 aliphatic heterocycles. The number of rotatable bonds is 0. The molecule has 2 rings (SSSR count). The molecule has 0 amide bonds. The van der Waals surface area contributed by atoms with E-state index >= 15 is 0 Å². The van der Waals surface area contributed by atoms with E-state index in [0.29, 0.717) is 0 Å². The molecular formula is C9H9N3O. The molecule has 0 radical (unpaired) electrons. The largest absolute Gasteiger partial charge is 0.273 e. The van der Waals surface area contributed by atoms with E-state index in [1.165, 1.54) is 11.6 Å². The highest BCUT2D eigenvalue weighted by Gasteiger charge is 2.08. The van der Waals surface area contributed by atoms with Gasteiger partial charge < -0.3 is 0 Å². The number of hydrogen-bond donors (Lipinski definition) is 0. The molecule has 4 heteroatoms. The first-order valence-corrected chi connectivity index (χ1v) is 4.02. The molecule has 0 saturated heterocycles. The van der Waals surface area contributed by atoms with Gasteiger partial charge in [-0.05, 0) is 18.6 Å². The van der Waals surface area contributed by atoms with E-state index in [2.05, 4.69) is 10.3 Å². The Morgan fingerprint density at radius 2 is 2.23 bits per heavy atom. The lowest BCUT2D eigenvalue weighted by atomic mass is 10.2. The van der Waals surface area contributed by atoms with E-state index in [1.54, 1.807) is 0 Å². The summed E-state index contributed by atoms with van der Waals surface area (Å²) in [4.78, 5) is 11.1. The topological polar surface area (TPSA) is 47.8 Å². The molecule has 0 N–H and O–H groups in total. The number of hydrogen-bond acceptors (Lipinski definition) is 3. The van der Waals surface area contributed by atoms with E-state index in [4.69, 9.17) is 0 Å². The number of carbonyl (C=O) groups excluding carboxylic acids is 1. The van der Waals surface area contributed by atoms with Crippen molar-refractivity contribution in [3.05, 3.63) is 23.8 Å². The van der Waals surface area contributed by atoms with Gasteiger partial charge in [0.25, 0.3) is 0 Å². The Hall–Kier alpha value is -1.71. The number of carbonyl (C=O) groups is 1. The van der Waals surface area contributed by atoms with E-state index < -0.39 is 0 Å². The summed E-state index contributed by atoms with van der Waals surface area (Å²) in [5.74, 6) is -0.117. The fraction of sp³-hybridized carbons (Fsp3) is 0.222. The summed E-state index contributed by atoms with van der Waals surface area (Å²) in [7, 11) is 0. The van der Waals surface area contributed by atoms with Gasteiger partial charge in [-0.25, -0.2) is 0 Å². The van der Waals surface area contributed by atoms with E-state index in [-0.39, 0.29) is 5.91 Å². The molecule has 0 spiro atoms. The van der Waals surface area contributed by atoms with Gasteiger partial charge in [0.1, 0.15) is 5.52 Å². The predicted octanol–water partition coefficient (Wildman–Crippen LogP) is 1.40. The molecular weight excluding hydrogens is 166 g/mol. The molecule has 0 bridgehead atoms. The molecule has 2 aromatic rings. The quantitative estimate of drug-likeness (QED) is 0.608. The van der Waals surface area contributed by atoms with Crippen molar-refractivity contribution < 1.29 is 4.79 Å². The molecule has 0 aliphatic rings. The fourth-order valence-corrected chi connectivity index (χ4v) is 1.31. The van der Waals surface area contributed by atoms with Gasteiger partial charge >= 0.3 is 0 Å². The van der Waals surface area contributed by atoms with Crippen molar-refractivity contribution >= 4 is 16.9 Å². The van der Waals surface area contributed by atoms with Gasteiger partial charge in [-0.3, -0.25) is 4.79 Å². The third-order valence-corrected chi connectivity index (χ3v) is 1.98. The second-order valence-electron chi connectivity index (χ2n) is 2.96. The fourth-order valence-electron chi connectivity index (χ4n) is 1.31. The molecule has 1 aromatic heterocycles. The average Bonchev–Trinajstić information content (AvgIpc) is 2.48. The molecule has 0 unspecified atom stereocenters. The zero-order chi connectivity index (χ0) is 9.42. The SMILES string of the molecule is CC(=O)n1nnc2c(C)cccc21. The van der Waals surface area contributed by atoms with Crippen molar-refractivity contribution in [2.45, 2.75) is 13.8 Å². The highest BCUT2D eigenvalue weighted by atomic mass is 16.2. The molecule has 0 fully saturated rings. The van der Waals surface area contributed by atoms with Crippen molar-refractivity contribution in [3.63, 3.8) is 0 Å². The average molecular weight is 175 g/mol. The monoisotopic (exact) mass is 175 g/mol. The minimum Gasteiger partial charge on any atom is -0.273 e. The van der Waals surface area contributed by atoms with Crippen LogP contribution in [0, 0.1) is 6.92 Å². The van der Waals surface area contributed by atoms with E-state index in [0.717, 1.165) is 16.6 Å². The lowest BCUT2D eigenvalue weighted by Gasteiger charge is -1.95. The number of nitrogens with zero attached hydrogens (tertiary/aromatic N) is 3. The maximum Gasteiger partial charge on any atom is 0.245 e. The molecule has 0 atom stereocenters. The molecule has 1 aromatic carbocycles. The van der Waals surface area contributed by atoms with Crippen LogP contribution in [0.1, 0.15) is 17.3 Å². The standard InChI is InChI=1S/C9H9N3O/c1-6-4-3-5-8-9(6)10-11-12(8)7(2)13/h3-5H,1-2H3. The Morgan fingerprint density at radius 3 is 2.92 bits per heavy atom. The van der Waals surface area contributed by atoms with Gasteiger partial charge in [-0.2, -0.15) is 4.68 Å². The maximum atomic E-state index is 11.1. The van der Waals surface area contributed by atoms with Crippen LogP contribution in [0.4, 0.5) is 0 Å². The smallest absolute Gasteiger partial charge is 0.245 e. The zero-order valence-corrected chi connectivity index (χ0v) is 7.48. The van der Waals surface area contributed by atoms with Gasteiger partial charge in [0, 0.05) is 6.92 Å². The van der Waals surface area contributed by atoms with Crippen LogP contribution < -0.4 is 0 Å². The first-order valence-electron chi connectivity index (χ1n) is 4.02. The van der Waals surface area contributed by atoms with Crippen LogP contribution in [-0.2, 0) is 0 Å². The maximum absolute atomic E-state index is 11.1. The molecule has 4 nitrogen and oxygen atoms in total. The summed E-state index contributed by atoms with van der Waals surface area (Å²) in [5, 5.41) is 7.70. The second kappa shape index (κ2) is 2.65. The second-order valence-corrected chi connectivity index (χ2v) is 2.96. The lowest BCUT2D eigenvalue weighted by molar-refractivity contribution is 0.0924. The van der Waals surface area contributed by atoms with Crippen LogP contribution in [-0.4, -0.2) is 20.9 Å². The Bertz CT molecular complexity index is 473. The number of fused-ring (bicyclic) bond motifs is 1. The van der Waals surface area contributed by atoms with Crippen LogP contribution >= 0.6 is 0 Å². The number of benzene rings is 1. The van der Waals surface area contributed by atoms with Crippen LogP contribution in [0.25, 0.3) is 11.0 Å². The normalized spacial score (nSPS) is 10.6. The van der Waals surface area contributed by atoms with Gasteiger partial charge in [0.05, 0.1) is 5.52 Å². The van der Waals surface area contributed by atoms with Crippen molar-refractivity contribution in [2.75, 3.05) is 0 Å². The third-order valence-electron chi connectivity index (χ3n) is 1.98. The molecule has 1 heterocycles. The lowest BCUT2D eigenvalue weighted by Crippen LogP contribution is -2.06. The third kappa shape index (κ3) is 1.11. The summed E-state index contributed by atoms with van der Waals surface area (Å²) < 4.78 is 1.31. The van der Waals surface area contributed by atoms with Crippen LogP contribution in [0.15, 0.2) is 18.2 Å². The van der Waals surface area contributed by atoms with E-state index in [9.17, 15) is 4.79 Å². The zero-order valence-electron chi connectivity index (χ0n) is 7.48. The number of aryl methyl sites for hydroxylation is 1. The minimum atomic E-state index is -0.117. The summed E-state index contributed by atoms with van der Waals surface area (Å²) in [6.45, 7) is 3.41. The summed E-state index contributed by atoms with van der Waals surface area (Å²) in [6.07, 6.45) is 0. The predicted molar refractivity (Wildman–Crippen MR) is 48.6 cm³/mol. The van der Waals surface area contributed by atoms with Crippen molar-refractivity contribution in [2.24, 2.45) is 0 Å². The Balaban J connectivity index is 2.83. The highest BCUT2D eigenvalue weighted by molar-refractivity contribution is 5.88. The summed E-state index contributed by atoms with van der Waals surface area (Å²) in [5.41, 5.74) is 2.59. The first-order chi connectivity index (χ1) is 6.20. The Labute approximate surface area is 75.2 Å². The summed E-state index contributed by atoms with van der Waals surface area (Å²) in [6, 6.07) is 5.67. The Morgan fingerprint density at radius 1 is 1.46 bits per heavy atom. The van der Waals surface area contributed by atoms with Gasteiger partial charge in [-0.1, -0.05) is 17.3 Å². The van der Waals surface area contributed by atoms with E-state index in [1.807, 2.05) is 25.1 Å². The van der Waals surface area contributed by atoms with Crippen molar-refractivity contribution in [1.82, 2.24) is 15.0 Å². The van der Waals surface area contributed by atoms with Crippen LogP contribution in [0.5, 0.6) is 0 Å². The van der Waals surface area contributed by atoms with Gasteiger partial charge in [-0.15, -0.1) is 5.10 Å². The Kier molecular flexibility index (Phi) is 1.62. The first kappa shape index (κ1) is 7.91. The van der Waals surface area contributed by atoms with Crippen molar-refractivity contribution in [3.8, 4) is 0 Å². The molecule has 13 heavy (non-hydrogen) atoms. The van der Waals surface area contributed by atoms with Crippen LogP contribution in [0.2, 0.25) is 0 Å². The number of aromatic nitrogens is 3. The molecule has 0 saturated carbocycles. The van der Waals surface area contributed by atoms with Crippen molar-refractivity contribution in [1.29, 1.82) is 0 Å². The van der Waals surface area contributed by atoms with Crippen LogP contribution in [0.3, 0.4) is 0 Å². The minimum absolute atomic E-state index is 0.117. The highest BCUT2D eigenvalue weighted by Crippen LogP contribution is 2.14. The molecule has 0 aliphatic carbocycles.